The number of ether oxygens (including phenoxy) is 2. The number of hydrogen-bond acceptors (Lipinski definition) is 10. The molecular formula is C26H57N5O7P2. The molecule has 1 amide bonds. The summed E-state index contributed by atoms with van der Waals surface area (Å²) in [6.45, 7) is 15.7. The van der Waals surface area contributed by atoms with E-state index in [0.717, 1.165) is 19.1 Å². The lowest BCUT2D eigenvalue weighted by atomic mass is 10.2. The Hall–Kier alpha value is -1.25. The predicted molar refractivity (Wildman–Crippen MR) is 167 cm³/mol. The number of hydrogen-bond donors (Lipinski definition) is 2. The molecule has 0 bridgehead atoms. The Labute approximate surface area is 246 Å². The van der Waals surface area contributed by atoms with Crippen LogP contribution < -0.4 is 5.73 Å². The van der Waals surface area contributed by atoms with E-state index in [1.54, 1.807) is 40.7 Å². The summed E-state index contributed by atoms with van der Waals surface area (Å²) in [6.07, 6.45) is 5.84. The standard InChI is InChI=1S/C13H26N3O4P.C9H19N2O2P.C2H6O.C2H6/c1-5-12(20-8-9-21(18-3)19-4)10-16(2)7-6-13(14)15-11-17;1-8(2)11(9(3)4)14(12)13-7-5-6-10;1-3-2;1-2/h6-7,11-12H,5,8-10H2,1-4H3,(H2,14,15,17);8-9,12H,5,7H2,1-4H3;1-2H3;1-2H3/b7-6-;;;/t12-;;;/m1.../s1. The van der Waals surface area contributed by atoms with Gasteiger partial charge in [0.1, 0.15) is 5.84 Å². The fourth-order valence-corrected chi connectivity index (χ4v) is 4.72. The predicted octanol–water partition coefficient (Wildman–Crippen LogP) is 4.89. The van der Waals surface area contributed by atoms with E-state index in [1.165, 1.54) is 0 Å². The van der Waals surface area contributed by atoms with Gasteiger partial charge in [-0.05, 0) is 40.2 Å². The molecule has 2 atom stereocenters. The highest BCUT2D eigenvalue weighted by Crippen LogP contribution is 2.40. The lowest BCUT2D eigenvalue weighted by Gasteiger charge is -2.32. The van der Waals surface area contributed by atoms with Gasteiger partial charge in [-0.15, -0.1) is 0 Å². The molecule has 0 spiro atoms. The Kier molecular flexibility index (Phi) is 38.8. The van der Waals surface area contributed by atoms with Crippen molar-refractivity contribution < 1.29 is 32.7 Å². The Bertz CT molecular complexity index is 641. The van der Waals surface area contributed by atoms with Crippen molar-refractivity contribution in [1.29, 1.82) is 5.26 Å². The van der Waals surface area contributed by atoms with Crippen LogP contribution in [-0.4, -0.2) is 106 Å². The molecule has 40 heavy (non-hydrogen) atoms. The number of aliphatic imine (C=N–C) groups is 1. The highest BCUT2D eigenvalue weighted by Gasteiger charge is 2.23. The van der Waals surface area contributed by atoms with Gasteiger partial charge in [0.2, 0.25) is 6.41 Å². The number of amidine groups is 1. The lowest BCUT2D eigenvalue weighted by Crippen LogP contribution is -2.32. The molecule has 12 nitrogen and oxygen atoms in total. The third kappa shape index (κ3) is 29.7. The largest absolute Gasteiger partial charge is 0.388 e. The first-order valence-corrected chi connectivity index (χ1v) is 15.8. The Balaban J connectivity index is -0.000000294. The van der Waals surface area contributed by atoms with Crippen molar-refractivity contribution in [2.75, 3.05) is 61.4 Å². The number of likely N-dealkylation sites (N-methyl/N-ethyl adjacent to an activating group) is 1. The van der Waals surface area contributed by atoms with Gasteiger partial charge in [-0.3, -0.25) is 4.79 Å². The Morgan fingerprint density at radius 2 is 1.62 bits per heavy atom. The van der Waals surface area contributed by atoms with E-state index < -0.39 is 16.9 Å². The van der Waals surface area contributed by atoms with Gasteiger partial charge in [0.15, 0.2) is 8.38 Å². The Morgan fingerprint density at radius 1 is 1.10 bits per heavy atom. The molecule has 14 heteroatoms. The van der Waals surface area contributed by atoms with Crippen molar-refractivity contribution in [3.05, 3.63) is 12.3 Å². The molecule has 0 aromatic rings. The van der Waals surface area contributed by atoms with Gasteiger partial charge in [0.25, 0.3) is 8.53 Å². The highest BCUT2D eigenvalue weighted by atomic mass is 31.2. The first-order chi connectivity index (χ1) is 19.0. The average molecular weight is 614 g/mol. The first-order valence-electron chi connectivity index (χ1n) is 13.3. The summed E-state index contributed by atoms with van der Waals surface area (Å²) in [5.41, 5.74) is 5.49. The number of nitriles is 1. The molecule has 0 aliphatic rings. The number of rotatable bonds is 18. The second kappa shape index (κ2) is 34.0. The van der Waals surface area contributed by atoms with Crippen LogP contribution >= 0.6 is 16.9 Å². The average Bonchev–Trinajstić information content (AvgIpc) is 2.91. The van der Waals surface area contributed by atoms with Crippen LogP contribution in [0, 0.1) is 11.3 Å². The zero-order valence-electron chi connectivity index (χ0n) is 26.9. The number of nitrogens with two attached hydrogens (primary N) is 1. The molecule has 0 heterocycles. The molecule has 0 fully saturated rings. The molecule has 0 aromatic heterocycles. The summed E-state index contributed by atoms with van der Waals surface area (Å²) in [6, 6.07) is 2.46. The van der Waals surface area contributed by atoms with Crippen LogP contribution in [0.15, 0.2) is 17.3 Å². The maximum atomic E-state index is 10.2. The molecule has 0 saturated heterocycles. The van der Waals surface area contributed by atoms with Crippen LogP contribution in [0.1, 0.15) is 61.3 Å². The summed E-state index contributed by atoms with van der Waals surface area (Å²) in [4.78, 5) is 25.3. The van der Waals surface area contributed by atoms with Gasteiger partial charge < -0.3 is 38.6 Å². The van der Waals surface area contributed by atoms with Gasteiger partial charge in [-0.25, -0.2) is 4.67 Å². The van der Waals surface area contributed by atoms with Gasteiger partial charge >= 0.3 is 0 Å². The first kappa shape index (κ1) is 45.7. The van der Waals surface area contributed by atoms with Gasteiger partial charge in [0.05, 0.1) is 31.8 Å². The van der Waals surface area contributed by atoms with Crippen LogP contribution in [-0.2, 0) is 27.8 Å². The van der Waals surface area contributed by atoms with Crippen molar-refractivity contribution in [2.24, 2.45) is 10.7 Å². The van der Waals surface area contributed by atoms with Crippen molar-refractivity contribution in [3.63, 3.8) is 0 Å². The van der Waals surface area contributed by atoms with Gasteiger partial charge in [-0.1, -0.05) is 20.8 Å². The Morgan fingerprint density at radius 3 is 2.02 bits per heavy atom. The molecule has 0 aromatic carbocycles. The smallest absolute Gasteiger partial charge is 0.256 e. The minimum Gasteiger partial charge on any atom is -0.388 e. The van der Waals surface area contributed by atoms with Gasteiger partial charge in [0, 0.05) is 66.5 Å². The third-order valence-electron chi connectivity index (χ3n) is 4.36. The zero-order valence-corrected chi connectivity index (χ0v) is 28.7. The fourth-order valence-electron chi connectivity index (χ4n) is 2.77. The second-order valence-corrected chi connectivity index (χ2v) is 11.3. The molecule has 3 N–H and O–H groups in total. The van der Waals surface area contributed by atoms with Crippen LogP contribution in [0.25, 0.3) is 0 Å². The van der Waals surface area contributed by atoms with Gasteiger partial charge in [-0.2, -0.15) is 10.3 Å². The fraction of sp³-hybridized carbons (Fsp3) is 0.808. The van der Waals surface area contributed by atoms with E-state index in [0.29, 0.717) is 26.0 Å². The van der Waals surface area contributed by atoms with Crippen LogP contribution in [0.4, 0.5) is 0 Å². The third-order valence-corrected chi connectivity index (χ3v) is 7.45. The summed E-state index contributed by atoms with van der Waals surface area (Å²) in [7, 11) is 6.03. The number of methoxy groups -OCH3 is 1. The van der Waals surface area contributed by atoms with Crippen molar-refractivity contribution >= 4 is 29.1 Å². The SMILES string of the molecule is CC.CC(C)N(C(C)C)P(O)OCCC#N.CC[C@H](CN(C)/C=C\C(N)=NC=O)OCCP(OC)OC.COC. The molecule has 1 unspecified atom stereocenters. The van der Waals surface area contributed by atoms with Crippen LogP contribution in [0.2, 0.25) is 0 Å². The summed E-state index contributed by atoms with van der Waals surface area (Å²) in [5.74, 6) is 0.177. The molecule has 0 radical (unpaired) electrons. The lowest BCUT2D eigenvalue weighted by molar-refractivity contribution is -0.106. The normalized spacial score (nSPS) is 12.7. The number of nitrogens with zero attached hydrogens (tertiary/aromatic N) is 4. The molecule has 0 aliphatic heterocycles. The molecular weight excluding hydrogens is 556 g/mol. The van der Waals surface area contributed by atoms with E-state index in [2.05, 4.69) is 16.7 Å². The van der Waals surface area contributed by atoms with E-state index in [4.69, 9.17) is 29.3 Å². The number of carbonyl (C=O) groups excluding carboxylic acids is 1. The van der Waals surface area contributed by atoms with Crippen LogP contribution in [0.5, 0.6) is 0 Å². The molecule has 238 valence electrons. The summed E-state index contributed by atoms with van der Waals surface area (Å²) < 4.78 is 27.5. The summed E-state index contributed by atoms with van der Waals surface area (Å²) >= 11 is 0. The number of amides is 1. The van der Waals surface area contributed by atoms with Crippen molar-refractivity contribution in [3.8, 4) is 6.07 Å². The van der Waals surface area contributed by atoms with E-state index in [-0.39, 0.29) is 24.0 Å². The second-order valence-electron chi connectivity index (χ2n) is 8.21. The van der Waals surface area contributed by atoms with E-state index in [1.807, 2.05) is 64.2 Å². The monoisotopic (exact) mass is 613 g/mol. The topological polar surface area (TPSA) is 152 Å². The zero-order chi connectivity index (χ0) is 31.9. The molecule has 0 aliphatic carbocycles. The van der Waals surface area contributed by atoms with Crippen molar-refractivity contribution in [2.45, 2.75) is 79.5 Å². The van der Waals surface area contributed by atoms with E-state index in [9.17, 15) is 9.69 Å². The number of carbonyl (C=O) groups is 1. The van der Waals surface area contributed by atoms with Crippen molar-refractivity contribution in [1.82, 2.24) is 9.57 Å². The minimum atomic E-state index is -1.55. The quantitative estimate of drug-likeness (QED) is 0.0715. The summed E-state index contributed by atoms with van der Waals surface area (Å²) in [5, 5.41) is 8.32. The maximum absolute atomic E-state index is 10.2. The minimum absolute atomic E-state index is 0.106. The molecule has 0 saturated carbocycles. The highest BCUT2D eigenvalue weighted by molar-refractivity contribution is 7.47. The van der Waals surface area contributed by atoms with Crippen LogP contribution in [0.3, 0.4) is 0 Å². The molecule has 0 rings (SSSR count). The van der Waals surface area contributed by atoms with E-state index >= 15 is 0 Å². The maximum Gasteiger partial charge on any atom is 0.256 e.